The maximum atomic E-state index is 4.04. The summed E-state index contributed by atoms with van der Waals surface area (Å²) in [4.78, 5) is 0. The van der Waals surface area contributed by atoms with Gasteiger partial charge in [-0.25, -0.2) is 0 Å². The van der Waals surface area contributed by atoms with Crippen molar-refractivity contribution in [1.29, 1.82) is 0 Å². The number of hydrogen-bond acceptors (Lipinski definition) is 2. The third-order valence-corrected chi connectivity index (χ3v) is 2.82. The van der Waals surface area contributed by atoms with Crippen LogP contribution in [0.3, 0.4) is 0 Å². The molecular formula is C11H8S2. The van der Waals surface area contributed by atoms with Gasteiger partial charge in [-0.3, -0.25) is 0 Å². The highest BCUT2D eigenvalue weighted by Gasteiger charge is 1.94. The quantitative estimate of drug-likeness (QED) is 0.494. The molecular weight excluding hydrogens is 196 g/mol. The van der Waals surface area contributed by atoms with Gasteiger partial charge in [0.1, 0.15) is 0 Å². The van der Waals surface area contributed by atoms with Gasteiger partial charge in [-0.2, -0.15) is 12.6 Å². The normalized spacial score (nSPS) is 9.62. The molecule has 0 aliphatic rings. The SMILES string of the molecule is SCC#Cc1ccc2sccc2c1. The Hall–Kier alpha value is -0.910. The molecule has 0 fully saturated rings. The Balaban J connectivity index is 2.48. The third kappa shape index (κ3) is 1.88. The molecule has 64 valence electrons. The van der Waals surface area contributed by atoms with Gasteiger partial charge >= 0.3 is 0 Å². The van der Waals surface area contributed by atoms with Crippen LogP contribution in [0.2, 0.25) is 0 Å². The first-order valence-electron chi connectivity index (χ1n) is 3.97. The zero-order chi connectivity index (χ0) is 9.10. The van der Waals surface area contributed by atoms with Crippen LogP contribution in [0.25, 0.3) is 10.1 Å². The summed E-state index contributed by atoms with van der Waals surface area (Å²) in [5.41, 5.74) is 1.07. The zero-order valence-corrected chi connectivity index (χ0v) is 8.66. The highest BCUT2D eigenvalue weighted by Crippen LogP contribution is 2.21. The van der Waals surface area contributed by atoms with Crippen LogP contribution in [0, 0.1) is 11.8 Å². The second-order valence-corrected chi connectivity index (χ2v) is 3.90. The summed E-state index contributed by atoms with van der Waals surface area (Å²) in [6.07, 6.45) is 0. The summed E-state index contributed by atoms with van der Waals surface area (Å²) in [5, 5.41) is 3.37. The van der Waals surface area contributed by atoms with Crippen LogP contribution in [0.1, 0.15) is 5.56 Å². The molecule has 0 aliphatic heterocycles. The second-order valence-electron chi connectivity index (χ2n) is 2.63. The van der Waals surface area contributed by atoms with Gasteiger partial charge < -0.3 is 0 Å². The number of benzene rings is 1. The Morgan fingerprint density at radius 3 is 3.08 bits per heavy atom. The topological polar surface area (TPSA) is 0 Å². The minimum atomic E-state index is 0.613. The summed E-state index contributed by atoms with van der Waals surface area (Å²) in [7, 11) is 0. The van der Waals surface area contributed by atoms with Crippen molar-refractivity contribution >= 4 is 34.1 Å². The first kappa shape index (κ1) is 8.68. The number of hydrogen-bond donors (Lipinski definition) is 1. The Morgan fingerprint density at radius 1 is 1.31 bits per heavy atom. The zero-order valence-electron chi connectivity index (χ0n) is 6.95. The maximum Gasteiger partial charge on any atom is 0.0521 e. The molecule has 0 N–H and O–H groups in total. The minimum Gasteiger partial charge on any atom is -0.166 e. The first-order chi connectivity index (χ1) is 6.40. The fraction of sp³-hybridized carbons (Fsp3) is 0.0909. The van der Waals surface area contributed by atoms with Crippen molar-refractivity contribution in [1.82, 2.24) is 0 Å². The van der Waals surface area contributed by atoms with E-state index in [0.717, 1.165) is 5.56 Å². The average molecular weight is 204 g/mol. The fourth-order valence-electron chi connectivity index (χ4n) is 1.19. The van der Waals surface area contributed by atoms with Gasteiger partial charge in [0.2, 0.25) is 0 Å². The highest BCUT2D eigenvalue weighted by molar-refractivity contribution is 7.80. The van der Waals surface area contributed by atoms with E-state index in [0.29, 0.717) is 5.75 Å². The van der Waals surface area contributed by atoms with Crippen molar-refractivity contribution in [2.24, 2.45) is 0 Å². The molecule has 1 aromatic heterocycles. The Morgan fingerprint density at radius 2 is 2.23 bits per heavy atom. The number of thiol groups is 1. The first-order valence-corrected chi connectivity index (χ1v) is 5.48. The van der Waals surface area contributed by atoms with Crippen LogP contribution < -0.4 is 0 Å². The molecule has 2 rings (SSSR count). The molecule has 0 unspecified atom stereocenters. The summed E-state index contributed by atoms with van der Waals surface area (Å²) in [6.45, 7) is 0. The van der Waals surface area contributed by atoms with E-state index in [1.165, 1.54) is 10.1 Å². The molecule has 13 heavy (non-hydrogen) atoms. The van der Waals surface area contributed by atoms with Crippen LogP contribution in [-0.4, -0.2) is 5.75 Å². The standard InChI is InChI=1S/C11H8S2/c12-6-1-2-9-3-4-11-10(8-9)5-7-13-11/h3-5,7-8,12H,6H2. The van der Waals surface area contributed by atoms with Crippen molar-refractivity contribution in [3.05, 3.63) is 35.2 Å². The van der Waals surface area contributed by atoms with Gasteiger partial charge in [0.15, 0.2) is 0 Å². The fourth-order valence-corrected chi connectivity index (χ4v) is 2.04. The Bertz CT molecular complexity index is 471. The number of thiophene rings is 1. The summed E-state index contributed by atoms with van der Waals surface area (Å²) < 4.78 is 1.32. The third-order valence-electron chi connectivity index (χ3n) is 1.76. The van der Waals surface area contributed by atoms with Crippen LogP contribution in [-0.2, 0) is 0 Å². The van der Waals surface area contributed by atoms with Crippen LogP contribution in [0.15, 0.2) is 29.6 Å². The average Bonchev–Trinajstić information content (AvgIpc) is 2.61. The molecule has 1 heterocycles. The van der Waals surface area contributed by atoms with Gasteiger partial charge in [0.25, 0.3) is 0 Å². The lowest BCUT2D eigenvalue weighted by atomic mass is 10.2. The molecule has 0 bridgehead atoms. The molecule has 1 aromatic carbocycles. The van der Waals surface area contributed by atoms with Crippen LogP contribution >= 0.6 is 24.0 Å². The summed E-state index contributed by atoms with van der Waals surface area (Å²) in [5.74, 6) is 6.61. The highest BCUT2D eigenvalue weighted by atomic mass is 32.1. The maximum absolute atomic E-state index is 4.04. The van der Waals surface area contributed by atoms with E-state index in [-0.39, 0.29) is 0 Å². The molecule has 0 saturated heterocycles. The molecule has 0 saturated carbocycles. The molecule has 0 radical (unpaired) electrons. The monoisotopic (exact) mass is 204 g/mol. The molecule has 0 spiro atoms. The van der Waals surface area contributed by atoms with E-state index in [1.54, 1.807) is 11.3 Å². The Labute approximate surface area is 87.0 Å². The van der Waals surface area contributed by atoms with Crippen molar-refractivity contribution in [3.8, 4) is 11.8 Å². The Kier molecular flexibility index (Phi) is 2.58. The van der Waals surface area contributed by atoms with E-state index in [2.05, 4.69) is 54.1 Å². The lowest BCUT2D eigenvalue weighted by Gasteiger charge is -1.90. The van der Waals surface area contributed by atoms with Crippen molar-refractivity contribution in [2.75, 3.05) is 5.75 Å². The molecule has 2 heteroatoms. The van der Waals surface area contributed by atoms with Gasteiger partial charge in [-0.05, 0) is 35.0 Å². The molecule has 0 amide bonds. The van der Waals surface area contributed by atoms with Crippen LogP contribution in [0.4, 0.5) is 0 Å². The molecule has 0 atom stereocenters. The lowest BCUT2D eigenvalue weighted by Crippen LogP contribution is -1.72. The van der Waals surface area contributed by atoms with E-state index < -0.39 is 0 Å². The van der Waals surface area contributed by atoms with Crippen LogP contribution in [0.5, 0.6) is 0 Å². The van der Waals surface area contributed by atoms with E-state index >= 15 is 0 Å². The lowest BCUT2D eigenvalue weighted by molar-refractivity contribution is 1.74. The van der Waals surface area contributed by atoms with Gasteiger partial charge in [0, 0.05) is 10.3 Å². The number of fused-ring (bicyclic) bond motifs is 1. The van der Waals surface area contributed by atoms with Crippen molar-refractivity contribution in [3.63, 3.8) is 0 Å². The van der Waals surface area contributed by atoms with E-state index in [1.807, 2.05) is 0 Å². The van der Waals surface area contributed by atoms with Crippen molar-refractivity contribution in [2.45, 2.75) is 0 Å². The predicted molar refractivity (Wildman–Crippen MR) is 62.6 cm³/mol. The van der Waals surface area contributed by atoms with E-state index in [4.69, 9.17) is 0 Å². The van der Waals surface area contributed by atoms with Gasteiger partial charge in [0.05, 0.1) is 5.75 Å². The smallest absolute Gasteiger partial charge is 0.0521 e. The predicted octanol–water partition coefficient (Wildman–Crippen LogP) is 3.18. The van der Waals surface area contributed by atoms with E-state index in [9.17, 15) is 0 Å². The summed E-state index contributed by atoms with van der Waals surface area (Å²) >= 11 is 5.80. The second kappa shape index (κ2) is 3.87. The largest absolute Gasteiger partial charge is 0.166 e. The summed E-state index contributed by atoms with van der Waals surface area (Å²) in [6, 6.07) is 8.39. The van der Waals surface area contributed by atoms with Gasteiger partial charge in [-0.15, -0.1) is 11.3 Å². The van der Waals surface area contributed by atoms with Gasteiger partial charge in [-0.1, -0.05) is 11.8 Å². The molecule has 0 aliphatic carbocycles. The minimum absolute atomic E-state index is 0.613. The molecule has 2 aromatic rings. The molecule has 0 nitrogen and oxygen atoms in total. The van der Waals surface area contributed by atoms with Crippen molar-refractivity contribution < 1.29 is 0 Å². The number of rotatable bonds is 0.